The van der Waals surface area contributed by atoms with Crippen molar-refractivity contribution in [3.63, 3.8) is 0 Å². The van der Waals surface area contributed by atoms with Crippen LogP contribution in [-0.2, 0) is 23.0 Å². The number of aromatic nitrogens is 2. The van der Waals surface area contributed by atoms with Crippen molar-refractivity contribution >= 4 is 22.4 Å². The van der Waals surface area contributed by atoms with E-state index >= 15 is 0 Å². The van der Waals surface area contributed by atoms with E-state index in [1.807, 2.05) is 0 Å². The van der Waals surface area contributed by atoms with E-state index in [-0.39, 0.29) is 37.5 Å². The second kappa shape index (κ2) is 9.75. The first-order chi connectivity index (χ1) is 13.0. The number of aryl methyl sites for hydroxylation is 1. The fourth-order valence-electron chi connectivity index (χ4n) is 2.77. The Balaban J connectivity index is 0.00000420. The molecule has 0 fully saturated rings. The van der Waals surface area contributed by atoms with Gasteiger partial charge in [-0.15, -0.1) is 12.4 Å². The molecule has 29 heavy (non-hydrogen) atoms. The standard InChI is InChI=1S/C18H23F3N4O2S.ClH/c1-11-15(12(2)25(23-11)10-14(19)5-6-22)7-13-8-17(21)18(9-16(13)20)28(26,27)24(3)4;/h5,8-9H,6-7,10,22H2,1-4H3;1H/b14-5-;. The molecule has 0 aliphatic rings. The smallest absolute Gasteiger partial charge is 0.245 e. The fraction of sp³-hybridized carbons (Fsp3) is 0.389. The third-order valence-corrected chi connectivity index (χ3v) is 6.23. The molecule has 0 saturated heterocycles. The molecule has 1 aromatic heterocycles. The van der Waals surface area contributed by atoms with Crippen LogP contribution in [0.25, 0.3) is 0 Å². The molecule has 0 amide bonds. The van der Waals surface area contributed by atoms with Gasteiger partial charge in [-0.3, -0.25) is 4.68 Å². The average Bonchev–Trinajstić information content (AvgIpc) is 2.85. The molecule has 2 rings (SSSR count). The number of nitrogens with two attached hydrogens (primary N) is 1. The minimum Gasteiger partial charge on any atom is -0.327 e. The highest BCUT2D eigenvalue weighted by molar-refractivity contribution is 7.89. The number of hydrogen-bond acceptors (Lipinski definition) is 4. The quantitative estimate of drug-likeness (QED) is 0.700. The maximum Gasteiger partial charge on any atom is 0.245 e. The molecule has 0 spiro atoms. The Morgan fingerprint density at radius 1 is 1.24 bits per heavy atom. The van der Waals surface area contributed by atoms with Crippen LogP contribution in [0.3, 0.4) is 0 Å². The summed E-state index contributed by atoms with van der Waals surface area (Å²) in [6.45, 7) is 3.33. The minimum atomic E-state index is -4.11. The minimum absolute atomic E-state index is 0. The highest BCUT2D eigenvalue weighted by atomic mass is 35.5. The monoisotopic (exact) mass is 452 g/mol. The summed E-state index contributed by atoms with van der Waals surface area (Å²) >= 11 is 0. The van der Waals surface area contributed by atoms with Gasteiger partial charge in [-0.1, -0.05) is 0 Å². The third kappa shape index (κ3) is 5.39. The summed E-state index contributed by atoms with van der Waals surface area (Å²) in [5.41, 5.74) is 7.02. The third-order valence-electron chi connectivity index (χ3n) is 4.40. The molecule has 2 aromatic rings. The Hall–Kier alpha value is -1.88. The normalized spacial score (nSPS) is 12.4. The van der Waals surface area contributed by atoms with Crippen molar-refractivity contribution in [2.24, 2.45) is 5.73 Å². The summed E-state index contributed by atoms with van der Waals surface area (Å²) in [7, 11) is -1.64. The second-order valence-electron chi connectivity index (χ2n) is 6.53. The van der Waals surface area contributed by atoms with Gasteiger partial charge in [0.1, 0.15) is 22.4 Å². The lowest BCUT2D eigenvalue weighted by molar-refractivity contribution is 0.502. The second-order valence-corrected chi connectivity index (χ2v) is 8.65. The van der Waals surface area contributed by atoms with Crippen molar-refractivity contribution in [2.45, 2.75) is 31.7 Å². The molecule has 1 aromatic carbocycles. The van der Waals surface area contributed by atoms with Gasteiger partial charge >= 0.3 is 0 Å². The molecule has 2 N–H and O–H groups in total. The van der Waals surface area contributed by atoms with E-state index in [2.05, 4.69) is 5.10 Å². The number of benzene rings is 1. The van der Waals surface area contributed by atoms with E-state index in [4.69, 9.17) is 5.73 Å². The van der Waals surface area contributed by atoms with Crippen LogP contribution < -0.4 is 5.73 Å². The van der Waals surface area contributed by atoms with E-state index in [1.54, 1.807) is 13.8 Å². The van der Waals surface area contributed by atoms with Gasteiger partial charge < -0.3 is 5.73 Å². The van der Waals surface area contributed by atoms with E-state index in [0.717, 1.165) is 10.4 Å². The number of nitrogens with zero attached hydrogens (tertiary/aromatic N) is 3. The Kier molecular flexibility index (Phi) is 8.46. The zero-order valence-corrected chi connectivity index (χ0v) is 18.2. The topological polar surface area (TPSA) is 81.2 Å². The summed E-state index contributed by atoms with van der Waals surface area (Å²) < 4.78 is 69.1. The van der Waals surface area contributed by atoms with Gasteiger partial charge in [-0.2, -0.15) is 5.10 Å². The highest BCUT2D eigenvalue weighted by Crippen LogP contribution is 2.25. The predicted molar refractivity (Wildman–Crippen MR) is 107 cm³/mol. The predicted octanol–water partition coefficient (Wildman–Crippen LogP) is 2.85. The Morgan fingerprint density at radius 3 is 2.41 bits per heavy atom. The molecule has 6 nitrogen and oxygen atoms in total. The number of hydrogen-bond donors (Lipinski definition) is 1. The van der Waals surface area contributed by atoms with E-state index in [0.29, 0.717) is 23.0 Å². The Morgan fingerprint density at radius 2 is 1.86 bits per heavy atom. The molecule has 1 heterocycles. The van der Waals surface area contributed by atoms with E-state index in [1.165, 1.54) is 24.9 Å². The van der Waals surface area contributed by atoms with E-state index in [9.17, 15) is 21.6 Å². The Labute approximate surface area is 174 Å². The molecule has 162 valence electrons. The van der Waals surface area contributed by atoms with Crippen molar-refractivity contribution in [3.8, 4) is 0 Å². The molecule has 0 aliphatic heterocycles. The first-order valence-electron chi connectivity index (χ1n) is 8.47. The molecule has 0 aliphatic carbocycles. The summed E-state index contributed by atoms with van der Waals surface area (Å²) in [6, 6.07) is 1.55. The summed E-state index contributed by atoms with van der Waals surface area (Å²) in [5, 5.41) is 4.24. The lowest BCUT2D eigenvalue weighted by Crippen LogP contribution is -2.23. The number of allylic oxidation sites excluding steroid dienone is 1. The van der Waals surface area contributed by atoms with Crippen molar-refractivity contribution < 1.29 is 21.6 Å². The van der Waals surface area contributed by atoms with Gasteiger partial charge in [0, 0.05) is 38.3 Å². The van der Waals surface area contributed by atoms with Crippen LogP contribution in [0.2, 0.25) is 0 Å². The van der Waals surface area contributed by atoms with Crippen molar-refractivity contribution in [3.05, 3.63) is 58.2 Å². The van der Waals surface area contributed by atoms with Crippen LogP contribution in [0.4, 0.5) is 13.2 Å². The molecule has 0 atom stereocenters. The van der Waals surface area contributed by atoms with Crippen LogP contribution >= 0.6 is 12.4 Å². The molecule has 0 radical (unpaired) electrons. The van der Waals surface area contributed by atoms with Crippen LogP contribution in [0.15, 0.2) is 28.9 Å². The first-order valence-corrected chi connectivity index (χ1v) is 9.91. The van der Waals surface area contributed by atoms with Crippen LogP contribution in [0.1, 0.15) is 22.5 Å². The fourth-order valence-corrected chi connectivity index (χ4v) is 3.72. The lowest BCUT2D eigenvalue weighted by atomic mass is 10.0. The summed E-state index contributed by atoms with van der Waals surface area (Å²) in [5.74, 6) is -2.33. The van der Waals surface area contributed by atoms with Gasteiger partial charge in [0.15, 0.2) is 0 Å². The van der Waals surface area contributed by atoms with Crippen molar-refractivity contribution in [1.82, 2.24) is 14.1 Å². The zero-order valence-electron chi connectivity index (χ0n) is 16.5. The van der Waals surface area contributed by atoms with Crippen molar-refractivity contribution in [2.75, 3.05) is 20.6 Å². The largest absolute Gasteiger partial charge is 0.327 e. The molecule has 0 saturated carbocycles. The van der Waals surface area contributed by atoms with E-state index < -0.39 is 32.4 Å². The molecular weight excluding hydrogens is 429 g/mol. The SMILES string of the molecule is Cc1nn(C/C(F)=C/CN)c(C)c1Cc1cc(F)c(S(=O)(=O)N(C)C)cc1F.Cl. The van der Waals surface area contributed by atoms with Gasteiger partial charge in [0.05, 0.1) is 12.2 Å². The van der Waals surface area contributed by atoms with Gasteiger partial charge in [-0.25, -0.2) is 25.9 Å². The number of halogens is 4. The van der Waals surface area contributed by atoms with Gasteiger partial charge in [-0.05, 0) is 37.6 Å². The summed E-state index contributed by atoms with van der Waals surface area (Å²) in [6.07, 6.45) is 1.22. The van der Waals surface area contributed by atoms with Crippen LogP contribution in [-0.4, -0.2) is 43.1 Å². The number of sulfonamides is 1. The van der Waals surface area contributed by atoms with Gasteiger partial charge in [0.25, 0.3) is 0 Å². The number of rotatable bonds is 7. The highest BCUT2D eigenvalue weighted by Gasteiger charge is 2.25. The zero-order chi connectivity index (χ0) is 21.2. The molecule has 11 heteroatoms. The van der Waals surface area contributed by atoms with Crippen LogP contribution in [0.5, 0.6) is 0 Å². The first kappa shape index (κ1) is 25.2. The molecular formula is C18H24ClF3N4O2S. The maximum absolute atomic E-state index is 14.5. The van der Waals surface area contributed by atoms with Gasteiger partial charge in [0.2, 0.25) is 10.0 Å². The molecule has 0 unspecified atom stereocenters. The van der Waals surface area contributed by atoms with Crippen LogP contribution in [0, 0.1) is 25.5 Å². The maximum atomic E-state index is 14.5. The molecule has 0 bridgehead atoms. The van der Waals surface area contributed by atoms with Crippen molar-refractivity contribution in [1.29, 1.82) is 0 Å². The summed E-state index contributed by atoms with van der Waals surface area (Å²) in [4.78, 5) is -0.725. The average molecular weight is 453 g/mol. The lowest BCUT2D eigenvalue weighted by Gasteiger charge is -2.13. The Bertz CT molecular complexity index is 1020.